The summed E-state index contributed by atoms with van der Waals surface area (Å²) in [6.07, 6.45) is 1.21. The predicted octanol–water partition coefficient (Wildman–Crippen LogP) is 1.17. The molecular weight excluding hydrogens is 342 g/mol. The maximum absolute atomic E-state index is 12.7. The van der Waals surface area contributed by atoms with Crippen molar-refractivity contribution < 1.29 is 9.53 Å². The van der Waals surface area contributed by atoms with Crippen molar-refractivity contribution >= 4 is 11.6 Å². The standard InChI is InChI=1S/C20H27N5O2/c21-8-4-9-24(12-11-23-13-15-27-16-14-23)17-20(26)25-10-7-19(22-25)18-5-2-1-3-6-18/h1-3,5-6H,4,7,9-17H2. The van der Waals surface area contributed by atoms with E-state index in [0.717, 1.165) is 57.1 Å². The Morgan fingerprint density at radius 3 is 2.70 bits per heavy atom. The highest BCUT2D eigenvalue weighted by Crippen LogP contribution is 2.14. The van der Waals surface area contributed by atoms with Crippen LogP contribution in [0.25, 0.3) is 0 Å². The maximum Gasteiger partial charge on any atom is 0.256 e. The van der Waals surface area contributed by atoms with Crippen LogP contribution in [-0.2, 0) is 9.53 Å². The average molecular weight is 369 g/mol. The first kappa shape index (κ1) is 19.5. The monoisotopic (exact) mass is 369 g/mol. The van der Waals surface area contributed by atoms with Gasteiger partial charge in [-0.05, 0) is 5.56 Å². The molecule has 0 atom stereocenters. The number of nitrogens with zero attached hydrogens (tertiary/aromatic N) is 5. The lowest BCUT2D eigenvalue weighted by Gasteiger charge is -2.29. The van der Waals surface area contributed by atoms with Gasteiger partial charge in [-0.3, -0.25) is 14.6 Å². The van der Waals surface area contributed by atoms with Crippen LogP contribution in [0.5, 0.6) is 0 Å². The minimum Gasteiger partial charge on any atom is -0.379 e. The first-order chi connectivity index (χ1) is 13.3. The van der Waals surface area contributed by atoms with Crippen LogP contribution in [0.3, 0.4) is 0 Å². The summed E-state index contributed by atoms with van der Waals surface area (Å²) < 4.78 is 5.38. The molecule has 7 heteroatoms. The topological polar surface area (TPSA) is 72.2 Å². The summed E-state index contributed by atoms with van der Waals surface area (Å²) in [5, 5.41) is 15.0. The molecule has 0 N–H and O–H groups in total. The van der Waals surface area contributed by atoms with Crippen LogP contribution in [0, 0.1) is 11.3 Å². The molecule has 2 heterocycles. The minimum absolute atomic E-state index is 0.000786. The molecule has 0 bridgehead atoms. The molecule has 27 heavy (non-hydrogen) atoms. The van der Waals surface area contributed by atoms with Crippen LogP contribution >= 0.6 is 0 Å². The largest absolute Gasteiger partial charge is 0.379 e. The Morgan fingerprint density at radius 2 is 1.96 bits per heavy atom. The molecule has 1 saturated heterocycles. The van der Waals surface area contributed by atoms with E-state index < -0.39 is 0 Å². The van der Waals surface area contributed by atoms with E-state index in [1.165, 1.54) is 0 Å². The van der Waals surface area contributed by atoms with Gasteiger partial charge in [0.05, 0.1) is 38.1 Å². The molecule has 7 nitrogen and oxygen atoms in total. The number of benzene rings is 1. The molecule has 2 aliphatic heterocycles. The second-order valence-electron chi connectivity index (χ2n) is 6.82. The number of hydrogen-bond acceptors (Lipinski definition) is 6. The van der Waals surface area contributed by atoms with E-state index in [1.807, 2.05) is 30.3 Å². The van der Waals surface area contributed by atoms with E-state index in [-0.39, 0.29) is 5.91 Å². The minimum atomic E-state index is 0.000786. The Bertz CT molecular complexity index is 679. The van der Waals surface area contributed by atoms with Crippen molar-refractivity contribution in [3.63, 3.8) is 0 Å². The molecule has 0 unspecified atom stereocenters. The van der Waals surface area contributed by atoms with Gasteiger partial charge < -0.3 is 4.74 Å². The molecule has 1 fully saturated rings. The lowest BCUT2D eigenvalue weighted by Crippen LogP contribution is -2.44. The highest BCUT2D eigenvalue weighted by Gasteiger charge is 2.23. The van der Waals surface area contributed by atoms with Crippen LogP contribution < -0.4 is 0 Å². The van der Waals surface area contributed by atoms with Gasteiger partial charge in [-0.25, -0.2) is 5.01 Å². The van der Waals surface area contributed by atoms with E-state index in [1.54, 1.807) is 5.01 Å². The van der Waals surface area contributed by atoms with Crippen molar-refractivity contribution in [3.05, 3.63) is 35.9 Å². The fourth-order valence-corrected chi connectivity index (χ4v) is 3.33. The van der Waals surface area contributed by atoms with Gasteiger partial charge in [-0.2, -0.15) is 10.4 Å². The van der Waals surface area contributed by atoms with Crippen LogP contribution in [0.1, 0.15) is 18.4 Å². The molecular formula is C20H27N5O2. The molecule has 0 radical (unpaired) electrons. The van der Waals surface area contributed by atoms with Crippen LogP contribution in [-0.4, -0.2) is 85.5 Å². The fraction of sp³-hybridized carbons (Fsp3) is 0.550. The van der Waals surface area contributed by atoms with Crippen molar-refractivity contribution in [2.24, 2.45) is 5.10 Å². The van der Waals surface area contributed by atoms with Gasteiger partial charge in [0, 0.05) is 45.6 Å². The summed E-state index contributed by atoms with van der Waals surface area (Å²) in [6, 6.07) is 12.2. The Balaban J connectivity index is 1.53. The van der Waals surface area contributed by atoms with Gasteiger partial charge in [0.25, 0.3) is 5.91 Å². The third-order valence-electron chi connectivity index (χ3n) is 4.93. The Kier molecular flexibility index (Phi) is 7.34. The molecule has 1 amide bonds. The Hall–Kier alpha value is -2.27. The maximum atomic E-state index is 12.7. The van der Waals surface area contributed by atoms with E-state index in [0.29, 0.717) is 26.1 Å². The van der Waals surface area contributed by atoms with Crippen molar-refractivity contribution in [2.75, 3.05) is 59.0 Å². The zero-order valence-electron chi connectivity index (χ0n) is 15.7. The summed E-state index contributed by atoms with van der Waals surface area (Å²) in [7, 11) is 0. The number of carbonyl (C=O) groups excluding carboxylic acids is 1. The van der Waals surface area contributed by atoms with Crippen molar-refractivity contribution in [2.45, 2.75) is 12.8 Å². The molecule has 0 aliphatic carbocycles. The Labute approximate surface area is 160 Å². The highest BCUT2D eigenvalue weighted by atomic mass is 16.5. The normalized spacial score (nSPS) is 17.8. The van der Waals surface area contributed by atoms with E-state index >= 15 is 0 Å². The molecule has 3 rings (SSSR count). The molecule has 0 spiro atoms. The lowest BCUT2D eigenvalue weighted by molar-refractivity contribution is -0.132. The predicted molar refractivity (Wildman–Crippen MR) is 103 cm³/mol. The zero-order chi connectivity index (χ0) is 18.9. The molecule has 2 aliphatic rings. The third-order valence-corrected chi connectivity index (χ3v) is 4.93. The van der Waals surface area contributed by atoms with Crippen LogP contribution in [0.2, 0.25) is 0 Å². The van der Waals surface area contributed by atoms with Crippen molar-refractivity contribution in [3.8, 4) is 6.07 Å². The average Bonchev–Trinajstić information content (AvgIpc) is 3.22. The summed E-state index contributed by atoms with van der Waals surface area (Å²) in [4.78, 5) is 17.1. The number of carbonyl (C=O) groups is 1. The number of hydrazone groups is 1. The van der Waals surface area contributed by atoms with Gasteiger partial charge in [-0.1, -0.05) is 30.3 Å². The number of hydrogen-bond donors (Lipinski definition) is 0. The number of ether oxygens (including phenoxy) is 1. The smallest absolute Gasteiger partial charge is 0.256 e. The molecule has 1 aromatic carbocycles. The van der Waals surface area contributed by atoms with Crippen molar-refractivity contribution in [1.82, 2.24) is 14.8 Å². The van der Waals surface area contributed by atoms with Gasteiger partial charge in [0.15, 0.2) is 0 Å². The summed E-state index contributed by atoms with van der Waals surface area (Å²) in [6.45, 7) is 6.58. The first-order valence-electron chi connectivity index (χ1n) is 9.59. The SMILES string of the molecule is N#CCCN(CCN1CCOCC1)CC(=O)N1CCC(c2ccccc2)=N1. The zero-order valence-corrected chi connectivity index (χ0v) is 15.7. The van der Waals surface area contributed by atoms with Gasteiger partial charge in [0.1, 0.15) is 0 Å². The summed E-state index contributed by atoms with van der Waals surface area (Å²) in [5.41, 5.74) is 2.03. The molecule has 1 aromatic rings. The third kappa shape index (κ3) is 5.86. The van der Waals surface area contributed by atoms with Gasteiger partial charge >= 0.3 is 0 Å². The highest BCUT2D eigenvalue weighted by molar-refractivity contribution is 6.02. The van der Waals surface area contributed by atoms with E-state index in [2.05, 4.69) is 21.0 Å². The molecule has 0 saturated carbocycles. The van der Waals surface area contributed by atoms with Gasteiger partial charge in [-0.15, -0.1) is 0 Å². The number of nitriles is 1. The van der Waals surface area contributed by atoms with E-state index in [4.69, 9.17) is 10.00 Å². The summed E-state index contributed by atoms with van der Waals surface area (Å²) in [5.74, 6) is 0.000786. The fourth-order valence-electron chi connectivity index (χ4n) is 3.33. The number of morpholine rings is 1. The summed E-state index contributed by atoms with van der Waals surface area (Å²) >= 11 is 0. The first-order valence-corrected chi connectivity index (χ1v) is 9.59. The van der Waals surface area contributed by atoms with Gasteiger partial charge in [0.2, 0.25) is 0 Å². The quantitative estimate of drug-likeness (QED) is 0.688. The van der Waals surface area contributed by atoms with E-state index in [9.17, 15) is 4.79 Å². The second kappa shape index (κ2) is 10.2. The van der Waals surface area contributed by atoms with Crippen molar-refractivity contribution in [1.29, 1.82) is 5.26 Å². The number of amides is 1. The number of rotatable bonds is 8. The lowest BCUT2D eigenvalue weighted by atomic mass is 10.1. The second-order valence-corrected chi connectivity index (χ2v) is 6.82. The molecule has 144 valence electrons. The van der Waals surface area contributed by atoms with Crippen LogP contribution in [0.15, 0.2) is 35.4 Å². The molecule has 0 aromatic heterocycles. The van der Waals surface area contributed by atoms with Crippen LogP contribution in [0.4, 0.5) is 0 Å². The Morgan fingerprint density at radius 1 is 1.19 bits per heavy atom.